The van der Waals surface area contributed by atoms with E-state index in [-0.39, 0.29) is 11.7 Å². The summed E-state index contributed by atoms with van der Waals surface area (Å²) in [5, 5.41) is 15.8. The number of anilines is 1. The average Bonchev–Trinajstić information content (AvgIpc) is 2.48. The Bertz CT molecular complexity index is 638. The van der Waals surface area contributed by atoms with E-state index in [2.05, 4.69) is 10.6 Å². The second kappa shape index (κ2) is 6.79. The second-order valence-corrected chi connectivity index (χ2v) is 4.87. The van der Waals surface area contributed by atoms with Crippen LogP contribution in [0.5, 0.6) is 5.75 Å². The second-order valence-electron chi connectivity index (χ2n) is 4.87. The van der Waals surface area contributed by atoms with Crippen molar-refractivity contribution in [2.75, 3.05) is 11.9 Å². The van der Waals surface area contributed by atoms with Gasteiger partial charge in [-0.2, -0.15) is 0 Å². The van der Waals surface area contributed by atoms with Gasteiger partial charge in [-0.25, -0.2) is 0 Å². The van der Waals surface area contributed by atoms with Crippen molar-refractivity contribution in [1.82, 2.24) is 5.32 Å². The first-order chi connectivity index (χ1) is 10.1. The lowest BCUT2D eigenvalue weighted by Gasteiger charge is -2.12. The molecule has 0 fully saturated rings. The summed E-state index contributed by atoms with van der Waals surface area (Å²) < 4.78 is 0. The van der Waals surface area contributed by atoms with Crippen molar-refractivity contribution in [1.29, 1.82) is 0 Å². The normalized spacial score (nSPS) is 10.2. The van der Waals surface area contributed by atoms with E-state index in [4.69, 9.17) is 0 Å². The van der Waals surface area contributed by atoms with Gasteiger partial charge in [-0.3, -0.25) is 4.79 Å². The predicted molar refractivity (Wildman–Crippen MR) is 84.6 cm³/mol. The lowest BCUT2D eigenvalue weighted by Crippen LogP contribution is -2.22. The van der Waals surface area contributed by atoms with Crippen molar-refractivity contribution in [2.45, 2.75) is 20.4 Å². The fourth-order valence-corrected chi connectivity index (χ4v) is 2.07. The van der Waals surface area contributed by atoms with Crippen LogP contribution >= 0.6 is 0 Å². The molecular formula is C17H20N2O2. The molecule has 2 rings (SSSR count). The smallest absolute Gasteiger partial charge is 0.251 e. The van der Waals surface area contributed by atoms with Crippen molar-refractivity contribution in [3.63, 3.8) is 0 Å². The van der Waals surface area contributed by atoms with E-state index in [0.717, 1.165) is 16.8 Å². The number of carbonyl (C=O) groups excluding carboxylic acids is 1. The van der Waals surface area contributed by atoms with Gasteiger partial charge in [0.15, 0.2) is 0 Å². The largest absolute Gasteiger partial charge is 0.508 e. The zero-order valence-electron chi connectivity index (χ0n) is 12.3. The van der Waals surface area contributed by atoms with E-state index in [1.54, 1.807) is 12.1 Å². The van der Waals surface area contributed by atoms with Crippen molar-refractivity contribution >= 4 is 11.6 Å². The minimum atomic E-state index is -0.0805. The molecule has 0 aromatic heterocycles. The van der Waals surface area contributed by atoms with Gasteiger partial charge in [-0.15, -0.1) is 0 Å². The highest BCUT2D eigenvalue weighted by Gasteiger charge is 2.07. The Morgan fingerprint density at radius 3 is 2.67 bits per heavy atom. The number of nitrogens with one attached hydrogen (secondary N) is 2. The van der Waals surface area contributed by atoms with Crippen molar-refractivity contribution in [3.8, 4) is 5.75 Å². The highest BCUT2D eigenvalue weighted by molar-refractivity contribution is 5.95. The summed E-state index contributed by atoms with van der Waals surface area (Å²) in [6.45, 7) is 4.98. The van der Waals surface area contributed by atoms with Crippen LogP contribution in [-0.2, 0) is 6.54 Å². The molecule has 2 aromatic rings. The molecule has 0 atom stereocenters. The number of rotatable bonds is 5. The number of aryl methyl sites for hydroxylation is 1. The molecule has 0 spiro atoms. The minimum Gasteiger partial charge on any atom is -0.508 e. The number of carbonyl (C=O) groups is 1. The zero-order chi connectivity index (χ0) is 15.2. The summed E-state index contributed by atoms with van der Waals surface area (Å²) in [7, 11) is 0. The van der Waals surface area contributed by atoms with Gasteiger partial charge in [-0.05, 0) is 37.6 Å². The molecule has 0 unspecified atom stereocenters. The molecule has 3 N–H and O–H groups in total. The van der Waals surface area contributed by atoms with E-state index >= 15 is 0 Å². The molecule has 21 heavy (non-hydrogen) atoms. The Hall–Kier alpha value is -2.49. The first kappa shape index (κ1) is 14.9. The first-order valence-electron chi connectivity index (χ1n) is 7.01. The van der Waals surface area contributed by atoms with Crippen LogP contribution in [0.3, 0.4) is 0 Å². The number of phenols is 1. The van der Waals surface area contributed by atoms with Crippen LogP contribution in [-0.4, -0.2) is 17.6 Å². The summed E-state index contributed by atoms with van der Waals surface area (Å²) in [6, 6.07) is 12.8. The maximum Gasteiger partial charge on any atom is 0.251 e. The average molecular weight is 284 g/mol. The Morgan fingerprint density at radius 2 is 1.95 bits per heavy atom. The maximum absolute atomic E-state index is 11.9. The van der Waals surface area contributed by atoms with Gasteiger partial charge < -0.3 is 15.7 Å². The quantitative estimate of drug-likeness (QED) is 0.790. The molecule has 0 saturated carbocycles. The fraction of sp³-hybridized carbons (Fsp3) is 0.235. The molecule has 0 aliphatic rings. The van der Waals surface area contributed by atoms with Crippen LogP contribution in [0, 0.1) is 6.92 Å². The molecule has 0 aliphatic carbocycles. The van der Waals surface area contributed by atoms with Gasteiger partial charge in [0.1, 0.15) is 5.75 Å². The lowest BCUT2D eigenvalue weighted by atomic mass is 10.1. The molecule has 4 nitrogen and oxygen atoms in total. The van der Waals surface area contributed by atoms with Crippen LogP contribution in [0.1, 0.15) is 28.4 Å². The molecule has 0 aliphatic heterocycles. The van der Waals surface area contributed by atoms with Crippen LogP contribution in [0.15, 0.2) is 42.5 Å². The van der Waals surface area contributed by atoms with Crippen molar-refractivity contribution in [2.24, 2.45) is 0 Å². The van der Waals surface area contributed by atoms with Gasteiger partial charge in [0, 0.05) is 29.9 Å². The Kier molecular flexibility index (Phi) is 4.82. The number of phenolic OH excluding ortho intramolecular Hbond substituents is 1. The molecule has 0 bridgehead atoms. The summed E-state index contributed by atoms with van der Waals surface area (Å²) in [5.41, 5.74) is 3.39. The number of amides is 1. The van der Waals surface area contributed by atoms with Crippen LogP contribution in [0.4, 0.5) is 5.69 Å². The third kappa shape index (κ3) is 3.75. The third-order valence-electron chi connectivity index (χ3n) is 3.30. The van der Waals surface area contributed by atoms with Crippen molar-refractivity contribution in [3.05, 3.63) is 59.2 Å². The molecular weight excluding hydrogens is 264 g/mol. The maximum atomic E-state index is 11.9. The SMILES string of the molecule is CCNC(=O)c1ccc(C)c(NCc2ccccc2O)c1. The number of benzene rings is 2. The van der Waals surface area contributed by atoms with Gasteiger partial charge in [0.05, 0.1) is 0 Å². The fourth-order valence-electron chi connectivity index (χ4n) is 2.07. The third-order valence-corrected chi connectivity index (χ3v) is 3.30. The molecule has 4 heteroatoms. The standard InChI is InChI=1S/C17H20N2O2/c1-3-18-17(21)13-9-8-12(2)15(10-13)19-11-14-6-4-5-7-16(14)20/h4-10,19-20H,3,11H2,1-2H3,(H,18,21). The highest BCUT2D eigenvalue weighted by Crippen LogP contribution is 2.21. The molecule has 2 aromatic carbocycles. The van der Waals surface area contributed by atoms with Gasteiger partial charge in [0.2, 0.25) is 0 Å². The van der Waals surface area contributed by atoms with E-state index in [0.29, 0.717) is 18.7 Å². The number of para-hydroxylation sites is 1. The van der Waals surface area contributed by atoms with Crippen LogP contribution < -0.4 is 10.6 Å². The predicted octanol–water partition coefficient (Wildman–Crippen LogP) is 3.06. The number of aromatic hydroxyl groups is 1. The Balaban J connectivity index is 2.14. The Labute approximate surface area is 124 Å². The summed E-state index contributed by atoms with van der Waals surface area (Å²) in [6.07, 6.45) is 0. The topological polar surface area (TPSA) is 61.4 Å². The zero-order valence-corrected chi connectivity index (χ0v) is 12.3. The van der Waals surface area contributed by atoms with Crippen molar-refractivity contribution < 1.29 is 9.90 Å². The molecule has 0 saturated heterocycles. The van der Waals surface area contributed by atoms with Crippen LogP contribution in [0.2, 0.25) is 0 Å². The van der Waals surface area contributed by atoms with Crippen LogP contribution in [0.25, 0.3) is 0 Å². The first-order valence-corrected chi connectivity index (χ1v) is 7.01. The molecule has 0 radical (unpaired) electrons. The van der Waals surface area contributed by atoms with Gasteiger partial charge in [0.25, 0.3) is 5.91 Å². The van der Waals surface area contributed by atoms with E-state index in [9.17, 15) is 9.90 Å². The molecule has 0 heterocycles. The molecule has 110 valence electrons. The summed E-state index contributed by atoms with van der Waals surface area (Å²) >= 11 is 0. The van der Waals surface area contributed by atoms with E-state index in [1.807, 2.05) is 44.2 Å². The minimum absolute atomic E-state index is 0.0805. The summed E-state index contributed by atoms with van der Waals surface area (Å²) in [5.74, 6) is 0.186. The van der Waals surface area contributed by atoms with Gasteiger partial charge >= 0.3 is 0 Å². The summed E-state index contributed by atoms with van der Waals surface area (Å²) in [4.78, 5) is 11.9. The monoisotopic (exact) mass is 284 g/mol. The van der Waals surface area contributed by atoms with E-state index < -0.39 is 0 Å². The molecule has 1 amide bonds. The lowest BCUT2D eigenvalue weighted by molar-refractivity contribution is 0.0956. The highest BCUT2D eigenvalue weighted by atomic mass is 16.3. The van der Waals surface area contributed by atoms with E-state index in [1.165, 1.54) is 0 Å². The number of hydrogen-bond donors (Lipinski definition) is 3. The Morgan fingerprint density at radius 1 is 1.19 bits per heavy atom. The number of hydrogen-bond acceptors (Lipinski definition) is 3. The van der Waals surface area contributed by atoms with Gasteiger partial charge in [-0.1, -0.05) is 24.3 Å².